The van der Waals surface area contributed by atoms with Crippen LogP contribution < -0.4 is 5.32 Å². The van der Waals surface area contributed by atoms with Gasteiger partial charge in [-0.05, 0) is 31.4 Å². The van der Waals surface area contributed by atoms with Crippen molar-refractivity contribution >= 4 is 5.91 Å². The molecule has 1 fully saturated rings. The second kappa shape index (κ2) is 7.37. The predicted octanol–water partition coefficient (Wildman–Crippen LogP) is 2.09. The normalized spacial score (nSPS) is 21.1. The van der Waals surface area contributed by atoms with E-state index in [9.17, 15) is 4.79 Å². The predicted molar refractivity (Wildman–Crippen MR) is 86.0 cm³/mol. The maximum Gasteiger partial charge on any atom is 0.226 e. The summed E-state index contributed by atoms with van der Waals surface area (Å²) in [7, 11) is 0. The second-order valence-electron chi connectivity index (χ2n) is 5.74. The van der Waals surface area contributed by atoms with E-state index in [1.807, 2.05) is 34.9 Å². The third-order valence-corrected chi connectivity index (χ3v) is 4.25. The molecule has 1 aromatic carbocycles. The highest BCUT2D eigenvalue weighted by atomic mass is 16.5. The zero-order valence-electron chi connectivity index (χ0n) is 13.3. The summed E-state index contributed by atoms with van der Waals surface area (Å²) in [4.78, 5) is 12.5. The van der Waals surface area contributed by atoms with Crippen LogP contribution in [0.4, 0.5) is 0 Å². The number of hydrogen-bond acceptors (Lipinski definition) is 4. The first-order chi connectivity index (χ1) is 11.3. The number of nitrogens with zero attached hydrogens (tertiary/aromatic N) is 3. The van der Waals surface area contributed by atoms with E-state index in [4.69, 9.17) is 4.74 Å². The summed E-state index contributed by atoms with van der Waals surface area (Å²) in [6, 6.07) is 9.85. The molecule has 1 amide bonds. The van der Waals surface area contributed by atoms with Crippen LogP contribution in [0.25, 0.3) is 5.69 Å². The van der Waals surface area contributed by atoms with Gasteiger partial charge in [-0.1, -0.05) is 25.1 Å². The third kappa shape index (κ3) is 3.59. The van der Waals surface area contributed by atoms with Gasteiger partial charge in [0.05, 0.1) is 18.6 Å². The van der Waals surface area contributed by atoms with Crippen molar-refractivity contribution in [1.82, 2.24) is 20.1 Å². The summed E-state index contributed by atoms with van der Waals surface area (Å²) >= 11 is 0. The second-order valence-corrected chi connectivity index (χ2v) is 5.74. The average Bonchev–Trinajstić information content (AvgIpc) is 3.09. The Morgan fingerprint density at radius 1 is 1.39 bits per heavy atom. The summed E-state index contributed by atoms with van der Waals surface area (Å²) in [5.74, 6) is 0.690. The van der Waals surface area contributed by atoms with Crippen LogP contribution in [0.1, 0.15) is 32.0 Å². The molecule has 0 radical (unpaired) electrons. The van der Waals surface area contributed by atoms with Crippen molar-refractivity contribution in [3.8, 4) is 5.69 Å². The van der Waals surface area contributed by atoms with Crippen molar-refractivity contribution in [2.24, 2.45) is 5.92 Å². The van der Waals surface area contributed by atoms with E-state index in [0.717, 1.165) is 31.6 Å². The van der Waals surface area contributed by atoms with E-state index in [0.29, 0.717) is 12.4 Å². The lowest BCUT2D eigenvalue weighted by atomic mass is 9.92. The number of benzene rings is 1. The lowest BCUT2D eigenvalue weighted by Gasteiger charge is -2.30. The molecule has 2 aromatic rings. The molecule has 23 heavy (non-hydrogen) atoms. The van der Waals surface area contributed by atoms with Crippen LogP contribution in [0, 0.1) is 5.92 Å². The van der Waals surface area contributed by atoms with Crippen molar-refractivity contribution in [2.45, 2.75) is 38.8 Å². The highest BCUT2D eigenvalue weighted by molar-refractivity contribution is 5.79. The zero-order chi connectivity index (χ0) is 16.1. The lowest BCUT2D eigenvalue weighted by molar-refractivity contribution is -0.134. The number of para-hydroxylation sites is 1. The number of nitrogens with one attached hydrogen (secondary N) is 1. The van der Waals surface area contributed by atoms with Gasteiger partial charge in [-0.2, -0.15) is 0 Å². The number of carbonyl (C=O) groups is 1. The van der Waals surface area contributed by atoms with E-state index in [1.54, 1.807) is 6.33 Å². The van der Waals surface area contributed by atoms with Gasteiger partial charge in [0.25, 0.3) is 0 Å². The van der Waals surface area contributed by atoms with E-state index in [1.165, 1.54) is 0 Å². The summed E-state index contributed by atoms with van der Waals surface area (Å²) in [5.41, 5.74) is 0.981. The molecule has 122 valence electrons. The number of aromatic nitrogens is 3. The molecule has 0 spiro atoms. The molecule has 1 aliphatic heterocycles. The van der Waals surface area contributed by atoms with Crippen LogP contribution in [-0.4, -0.2) is 33.4 Å². The number of carbonyl (C=O) groups excluding carboxylic acids is 1. The molecule has 6 nitrogen and oxygen atoms in total. The minimum Gasteiger partial charge on any atom is -0.377 e. The van der Waals surface area contributed by atoms with Crippen LogP contribution in [0.3, 0.4) is 0 Å². The maximum atomic E-state index is 12.5. The molecule has 0 aliphatic carbocycles. The van der Waals surface area contributed by atoms with Crippen LogP contribution in [0.5, 0.6) is 0 Å². The van der Waals surface area contributed by atoms with Crippen molar-refractivity contribution < 1.29 is 9.53 Å². The van der Waals surface area contributed by atoms with Gasteiger partial charge in [0.15, 0.2) is 5.82 Å². The average molecular weight is 314 g/mol. The summed E-state index contributed by atoms with van der Waals surface area (Å²) in [6.45, 7) is 3.17. The molecule has 0 saturated carbocycles. The summed E-state index contributed by atoms with van der Waals surface area (Å²) < 4.78 is 7.58. The molecule has 0 bridgehead atoms. The van der Waals surface area contributed by atoms with Crippen molar-refractivity contribution in [1.29, 1.82) is 0 Å². The molecule has 1 aromatic heterocycles. The molecule has 2 heterocycles. The Balaban J connectivity index is 1.65. The highest BCUT2D eigenvalue weighted by Gasteiger charge is 2.30. The van der Waals surface area contributed by atoms with Crippen molar-refractivity contribution in [3.63, 3.8) is 0 Å². The zero-order valence-corrected chi connectivity index (χ0v) is 13.3. The monoisotopic (exact) mass is 314 g/mol. The molecule has 1 N–H and O–H groups in total. The Kier molecular flexibility index (Phi) is 5.02. The standard InChI is InChI=1S/C17H22N4O2/c1-2-15-14(9-6-10-23-15)17(22)18-11-16-20-19-12-21(16)13-7-4-3-5-8-13/h3-5,7-8,12,14-15H,2,6,9-11H2,1H3,(H,18,22)/t14-,15-/m0/s1. The van der Waals surface area contributed by atoms with E-state index < -0.39 is 0 Å². The summed E-state index contributed by atoms with van der Waals surface area (Å²) in [5, 5.41) is 11.1. The van der Waals surface area contributed by atoms with Gasteiger partial charge in [-0.25, -0.2) is 0 Å². The number of rotatable bonds is 5. The number of ether oxygens (including phenoxy) is 1. The molecule has 6 heteroatoms. The van der Waals surface area contributed by atoms with Crippen LogP contribution >= 0.6 is 0 Å². The first kappa shape index (κ1) is 15.7. The molecular weight excluding hydrogens is 292 g/mol. The third-order valence-electron chi connectivity index (χ3n) is 4.25. The fourth-order valence-electron chi connectivity index (χ4n) is 3.02. The first-order valence-electron chi connectivity index (χ1n) is 8.13. The van der Waals surface area contributed by atoms with Crippen molar-refractivity contribution in [3.05, 3.63) is 42.5 Å². The Morgan fingerprint density at radius 3 is 3.00 bits per heavy atom. The first-order valence-corrected chi connectivity index (χ1v) is 8.13. The van der Waals surface area contributed by atoms with Crippen LogP contribution in [-0.2, 0) is 16.1 Å². The number of hydrogen-bond donors (Lipinski definition) is 1. The molecule has 1 saturated heterocycles. The smallest absolute Gasteiger partial charge is 0.226 e. The highest BCUT2D eigenvalue weighted by Crippen LogP contribution is 2.23. The minimum atomic E-state index is -0.0677. The van der Waals surface area contributed by atoms with Gasteiger partial charge in [0.1, 0.15) is 6.33 Å². The van der Waals surface area contributed by atoms with Crippen LogP contribution in [0.2, 0.25) is 0 Å². The molecule has 2 atom stereocenters. The minimum absolute atomic E-state index is 0.0238. The Hall–Kier alpha value is -2.21. The fraction of sp³-hybridized carbons (Fsp3) is 0.471. The topological polar surface area (TPSA) is 69.0 Å². The van der Waals surface area contributed by atoms with E-state index >= 15 is 0 Å². The molecule has 3 rings (SSSR count). The van der Waals surface area contributed by atoms with E-state index in [2.05, 4.69) is 22.4 Å². The molecule has 0 unspecified atom stereocenters. The Bertz CT molecular complexity index is 641. The van der Waals surface area contributed by atoms with Gasteiger partial charge in [-0.3, -0.25) is 9.36 Å². The Labute approximate surface area is 135 Å². The number of amides is 1. The lowest BCUT2D eigenvalue weighted by Crippen LogP contribution is -2.41. The van der Waals surface area contributed by atoms with Gasteiger partial charge < -0.3 is 10.1 Å². The quantitative estimate of drug-likeness (QED) is 0.917. The van der Waals surface area contributed by atoms with Gasteiger partial charge >= 0.3 is 0 Å². The SMILES string of the molecule is CC[C@@H]1OCCC[C@@H]1C(=O)NCc1nncn1-c1ccccc1. The van der Waals surface area contributed by atoms with Gasteiger partial charge in [0.2, 0.25) is 5.91 Å². The molecule has 1 aliphatic rings. The largest absolute Gasteiger partial charge is 0.377 e. The summed E-state index contributed by atoms with van der Waals surface area (Å²) in [6.07, 6.45) is 4.37. The van der Waals surface area contributed by atoms with Gasteiger partial charge in [0, 0.05) is 12.3 Å². The fourth-order valence-corrected chi connectivity index (χ4v) is 3.02. The Morgan fingerprint density at radius 2 is 2.22 bits per heavy atom. The van der Waals surface area contributed by atoms with Crippen molar-refractivity contribution in [2.75, 3.05) is 6.61 Å². The van der Waals surface area contributed by atoms with Gasteiger partial charge in [-0.15, -0.1) is 10.2 Å². The van der Waals surface area contributed by atoms with E-state index in [-0.39, 0.29) is 17.9 Å². The molecular formula is C17H22N4O2. The maximum absolute atomic E-state index is 12.5. The van der Waals surface area contributed by atoms with Crippen LogP contribution in [0.15, 0.2) is 36.7 Å².